The molecule has 4 aromatic rings. The lowest BCUT2D eigenvalue weighted by Crippen LogP contribution is -2.50. The Balaban J connectivity index is 0.000000401. The van der Waals surface area contributed by atoms with E-state index in [0.29, 0.717) is 44.3 Å². The first-order valence-electron chi connectivity index (χ1n) is 22.1. The largest absolute Gasteiger partial charge is 0.543 e. The molecule has 1 unspecified atom stereocenters. The number of ether oxygens (including phenoxy) is 2. The lowest BCUT2D eigenvalue weighted by molar-refractivity contribution is -0.146. The van der Waals surface area contributed by atoms with Crippen molar-refractivity contribution in [1.82, 2.24) is 0 Å². The summed E-state index contributed by atoms with van der Waals surface area (Å²) in [6.07, 6.45) is 0.272. The van der Waals surface area contributed by atoms with Gasteiger partial charge in [-0.05, 0) is 79.8 Å². The molecule has 0 spiro atoms. The molecule has 0 amide bonds. The third-order valence-corrected chi connectivity index (χ3v) is 24.0. The van der Waals surface area contributed by atoms with Crippen molar-refractivity contribution in [2.24, 2.45) is 0 Å². The zero-order chi connectivity index (χ0) is 47.2. The van der Waals surface area contributed by atoms with Crippen LogP contribution in [0, 0.1) is 17.9 Å². The molecule has 0 N–H and O–H groups in total. The molecule has 63 heavy (non-hydrogen) atoms. The molecule has 8 nitrogen and oxygen atoms in total. The van der Waals surface area contributed by atoms with Crippen molar-refractivity contribution in [3.63, 3.8) is 0 Å². The maximum absolute atomic E-state index is 12.7. The molecule has 0 saturated heterocycles. The predicted octanol–water partition coefficient (Wildman–Crippen LogP) is 14.5. The van der Waals surface area contributed by atoms with Crippen LogP contribution in [0.5, 0.6) is 11.5 Å². The van der Waals surface area contributed by atoms with Crippen LogP contribution >= 0.6 is 22.6 Å². The molecule has 340 valence electrons. The van der Waals surface area contributed by atoms with Gasteiger partial charge < -0.3 is 23.2 Å². The third kappa shape index (κ3) is 16.6. The first-order chi connectivity index (χ1) is 29.9. The Hall–Kier alpha value is -4.44. The zero-order valence-electron chi connectivity index (χ0n) is 39.7. The van der Waals surface area contributed by atoms with Gasteiger partial charge in [0, 0.05) is 0 Å². The SMILES string of the molecule is CC(C)[Si](Oc1ccc(CC(=O)OCc2ccccc2)cc1)(C(C)C)C(C)C.N#CCI.[C-]#[N+]CC(C(=O)OCc1ccccc1)c1ccc(O[Si](C(C)C)(C(C)C)C(C)C)cc1. The molecule has 0 heterocycles. The molecule has 0 aliphatic heterocycles. The van der Waals surface area contributed by atoms with Crippen LogP contribution in [-0.2, 0) is 38.7 Å². The predicted molar refractivity (Wildman–Crippen MR) is 271 cm³/mol. The van der Waals surface area contributed by atoms with Crippen molar-refractivity contribution in [3.05, 3.63) is 143 Å². The number of nitrogens with zero attached hydrogens (tertiary/aromatic N) is 2. The summed E-state index contributed by atoms with van der Waals surface area (Å²) in [5.41, 5.74) is 6.68. The highest BCUT2D eigenvalue weighted by Crippen LogP contribution is 2.44. The van der Waals surface area contributed by atoms with E-state index in [9.17, 15) is 9.59 Å². The Bertz CT molecular complexity index is 1970. The normalized spacial score (nSPS) is 11.8. The van der Waals surface area contributed by atoms with Gasteiger partial charge in [-0.3, -0.25) is 9.59 Å². The van der Waals surface area contributed by atoms with Gasteiger partial charge in [0.15, 0.2) is 5.92 Å². The van der Waals surface area contributed by atoms with Crippen molar-refractivity contribution in [2.45, 2.75) is 142 Å². The minimum absolute atomic E-state index is 0.0660. The first-order valence-corrected chi connectivity index (χ1v) is 27.9. The van der Waals surface area contributed by atoms with Gasteiger partial charge in [-0.2, -0.15) is 5.26 Å². The molecular formula is C52H71IN2O6Si2. The highest BCUT2D eigenvalue weighted by molar-refractivity contribution is 14.1. The number of hydrogen-bond donors (Lipinski definition) is 0. The van der Waals surface area contributed by atoms with Gasteiger partial charge in [0.25, 0.3) is 16.6 Å². The minimum Gasteiger partial charge on any atom is -0.543 e. The van der Waals surface area contributed by atoms with Crippen molar-refractivity contribution in [1.29, 1.82) is 5.26 Å². The van der Waals surface area contributed by atoms with E-state index < -0.39 is 22.6 Å². The van der Waals surface area contributed by atoms with Crippen LogP contribution in [0.4, 0.5) is 0 Å². The van der Waals surface area contributed by atoms with Gasteiger partial charge >= 0.3 is 11.9 Å². The number of carbonyl (C=O) groups is 2. The molecule has 0 saturated carbocycles. The lowest BCUT2D eigenvalue weighted by Gasteiger charge is -2.42. The van der Waals surface area contributed by atoms with Gasteiger partial charge in [0.2, 0.25) is 6.54 Å². The van der Waals surface area contributed by atoms with Crippen LogP contribution in [-0.4, -0.2) is 39.5 Å². The lowest BCUT2D eigenvalue weighted by atomic mass is 9.99. The number of nitriles is 1. The smallest absolute Gasteiger partial charge is 0.321 e. The van der Waals surface area contributed by atoms with E-state index >= 15 is 0 Å². The summed E-state index contributed by atoms with van der Waals surface area (Å²) in [4.78, 5) is 28.3. The fourth-order valence-electron chi connectivity index (χ4n) is 8.75. The van der Waals surface area contributed by atoms with E-state index in [-0.39, 0.29) is 31.5 Å². The Morgan fingerprint density at radius 3 is 1.30 bits per heavy atom. The van der Waals surface area contributed by atoms with E-state index in [1.807, 2.05) is 138 Å². The third-order valence-electron chi connectivity index (χ3n) is 11.6. The molecule has 11 heteroatoms. The summed E-state index contributed by atoms with van der Waals surface area (Å²) >= 11 is 1.99. The number of rotatable bonds is 19. The summed E-state index contributed by atoms with van der Waals surface area (Å²) < 4.78 is 24.8. The average molecular weight is 1000 g/mol. The molecule has 1 atom stereocenters. The van der Waals surface area contributed by atoms with Crippen LogP contribution in [0.1, 0.15) is 111 Å². The fourth-order valence-corrected chi connectivity index (χ4v) is 19.3. The summed E-state index contributed by atoms with van der Waals surface area (Å²) in [5.74, 6) is 0.559. The highest BCUT2D eigenvalue weighted by atomic mass is 127. The number of carbonyl (C=O) groups excluding carboxylic acids is 2. The van der Waals surface area contributed by atoms with Gasteiger partial charge in [-0.25, -0.2) is 6.57 Å². The molecular weight excluding hydrogens is 932 g/mol. The molecule has 4 rings (SSSR count). The van der Waals surface area contributed by atoms with Crippen molar-refractivity contribution < 1.29 is 27.9 Å². The van der Waals surface area contributed by atoms with Crippen LogP contribution in [0.3, 0.4) is 0 Å². The quantitative estimate of drug-likeness (QED) is 0.0303. The van der Waals surface area contributed by atoms with Crippen molar-refractivity contribution >= 4 is 51.2 Å². The van der Waals surface area contributed by atoms with Gasteiger partial charge in [-0.1, -0.05) is 191 Å². The molecule has 0 aromatic heterocycles. The number of benzene rings is 4. The summed E-state index contributed by atoms with van der Waals surface area (Å²) in [5, 5.41) is 7.62. The fraction of sp³-hybridized carbons (Fsp3) is 0.462. The van der Waals surface area contributed by atoms with Crippen LogP contribution in [0.25, 0.3) is 4.85 Å². The number of hydrogen-bond acceptors (Lipinski definition) is 7. The molecule has 0 bridgehead atoms. The molecule has 0 fully saturated rings. The molecule has 0 aliphatic rings. The first kappa shape index (κ1) is 54.7. The molecule has 0 radical (unpaired) electrons. The zero-order valence-corrected chi connectivity index (χ0v) is 43.8. The number of alkyl halides is 1. The van der Waals surface area contributed by atoms with Crippen LogP contribution < -0.4 is 8.85 Å². The Morgan fingerprint density at radius 2 is 0.952 bits per heavy atom. The second-order valence-corrected chi connectivity index (χ2v) is 29.2. The Kier molecular flexibility index (Phi) is 24.0. The van der Waals surface area contributed by atoms with E-state index in [2.05, 4.69) is 87.9 Å². The summed E-state index contributed by atoms with van der Waals surface area (Å²) in [7, 11) is -4.00. The Labute approximate surface area is 395 Å². The topological polar surface area (TPSA) is 99.2 Å². The number of halogens is 1. The second-order valence-electron chi connectivity index (χ2n) is 17.7. The van der Waals surface area contributed by atoms with E-state index in [0.717, 1.165) is 33.8 Å². The maximum Gasteiger partial charge on any atom is 0.321 e. The Morgan fingerprint density at radius 1 is 0.587 bits per heavy atom. The highest BCUT2D eigenvalue weighted by Gasteiger charge is 2.48. The van der Waals surface area contributed by atoms with E-state index in [1.165, 1.54) is 0 Å². The van der Waals surface area contributed by atoms with E-state index in [1.54, 1.807) is 0 Å². The van der Waals surface area contributed by atoms with Crippen molar-refractivity contribution in [3.8, 4) is 17.6 Å². The van der Waals surface area contributed by atoms with E-state index in [4.69, 9.17) is 30.2 Å². The van der Waals surface area contributed by atoms with Crippen LogP contribution in [0.15, 0.2) is 109 Å². The minimum atomic E-state index is -2.04. The van der Waals surface area contributed by atoms with Crippen LogP contribution in [0.2, 0.25) is 33.2 Å². The maximum atomic E-state index is 12.7. The monoisotopic (exact) mass is 1000 g/mol. The molecule has 4 aromatic carbocycles. The average Bonchev–Trinajstić information content (AvgIpc) is 3.26. The standard InChI is InChI=1S/C26H35NO3Si.C24H34O3Si.C2H2IN/c1-19(2)31(20(3)4,21(5)6)30-24-15-13-23(14-16-24)25(17-27-7)26(28)29-18-22-11-9-8-10-12-22;1-18(2)28(19(3)4,20(5)6)27-23-14-12-21(13-15-23)16-24(25)26-17-22-10-8-7-9-11-22;3-1-2-4/h8-16,19-21,25H,17-18H2,1-6H3;7-15,18-20H,16-17H2,1-6H3;1H2. The summed E-state index contributed by atoms with van der Waals surface area (Å²) in [6, 6.07) is 36.8. The summed E-state index contributed by atoms with van der Waals surface area (Å²) in [6.45, 7) is 35.1. The van der Waals surface area contributed by atoms with Gasteiger partial charge in [-0.15, -0.1) is 0 Å². The number of esters is 2. The van der Waals surface area contributed by atoms with Crippen molar-refractivity contribution in [2.75, 3.05) is 11.0 Å². The van der Waals surface area contributed by atoms with Gasteiger partial charge in [0.1, 0.15) is 24.7 Å². The second kappa shape index (κ2) is 27.7. The van der Waals surface area contributed by atoms with Gasteiger partial charge in [0.05, 0.1) is 16.9 Å². The molecule has 0 aliphatic carbocycles.